The zero-order chi connectivity index (χ0) is 35.1. The lowest BCUT2D eigenvalue weighted by Crippen LogP contribution is -2.42. The van der Waals surface area contributed by atoms with E-state index < -0.39 is 0 Å². The monoisotopic (exact) mass is 671 g/mol. The molecule has 4 heterocycles. The number of anilines is 1. The van der Waals surface area contributed by atoms with Crippen molar-refractivity contribution in [3.63, 3.8) is 0 Å². The van der Waals surface area contributed by atoms with Gasteiger partial charge in [-0.25, -0.2) is 9.97 Å². The van der Waals surface area contributed by atoms with Crippen LogP contribution in [-0.4, -0.2) is 25.5 Å². The van der Waals surface area contributed by atoms with Crippen molar-refractivity contribution >= 4 is 22.2 Å². The number of benzene rings is 4. The first-order valence-corrected chi connectivity index (χ1v) is 17.8. The second-order valence-corrected chi connectivity index (χ2v) is 13.9. The predicted molar refractivity (Wildman–Crippen MR) is 214 cm³/mol. The summed E-state index contributed by atoms with van der Waals surface area (Å²) in [6, 6.07) is 42.6. The average molecular weight is 672 g/mol. The van der Waals surface area contributed by atoms with E-state index in [1.807, 2.05) is 30.3 Å². The van der Waals surface area contributed by atoms with E-state index in [1.54, 1.807) is 12.4 Å². The predicted octanol–water partition coefficient (Wildman–Crippen LogP) is 11.1. The molecule has 250 valence electrons. The molecule has 9 rings (SSSR count). The van der Waals surface area contributed by atoms with Crippen LogP contribution in [0.15, 0.2) is 164 Å². The Balaban J connectivity index is 1.06. The van der Waals surface area contributed by atoms with Crippen LogP contribution in [0, 0.1) is 12.8 Å². The smallest absolute Gasteiger partial charge is 0.160 e. The SMILES string of the molecule is Cc1ccc2ccc3c(c2n1)NC(C)(C1C=CC=CC1)C=C3c1ccc(-c2ccc(-c3cc(-c4ccccc4)nc(-c4ccncc4)n3)cc2)cc1. The van der Waals surface area contributed by atoms with Gasteiger partial charge in [-0.1, -0.05) is 127 Å². The number of rotatable bonds is 6. The lowest BCUT2D eigenvalue weighted by atomic mass is 9.75. The van der Waals surface area contributed by atoms with Crippen LogP contribution in [0.2, 0.25) is 0 Å². The Kier molecular flexibility index (Phi) is 7.89. The third kappa shape index (κ3) is 5.90. The molecule has 52 heavy (non-hydrogen) atoms. The van der Waals surface area contributed by atoms with Gasteiger partial charge in [-0.3, -0.25) is 9.97 Å². The van der Waals surface area contributed by atoms with Crippen molar-refractivity contribution in [2.24, 2.45) is 5.92 Å². The summed E-state index contributed by atoms with van der Waals surface area (Å²) in [5.74, 6) is 0.996. The molecule has 1 N–H and O–H groups in total. The molecular weight excluding hydrogens is 635 g/mol. The maximum atomic E-state index is 5.02. The molecule has 7 aromatic rings. The van der Waals surface area contributed by atoms with Crippen LogP contribution in [0.4, 0.5) is 5.69 Å². The molecule has 0 saturated heterocycles. The summed E-state index contributed by atoms with van der Waals surface area (Å²) in [4.78, 5) is 19.1. The van der Waals surface area contributed by atoms with Crippen LogP contribution in [0.3, 0.4) is 0 Å². The van der Waals surface area contributed by atoms with Gasteiger partial charge in [-0.2, -0.15) is 0 Å². The number of aromatic nitrogens is 4. The first kappa shape index (κ1) is 31.5. The van der Waals surface area contributed by atoms with Gasteiger partial charge in [-0.05, 0) is 66.8 Å². The Morgan fingerprint density at radius 3 is 1.98 bits per heavy atom. The molecule has 4 aromatic carbocycles. The second-order valence-electron chi connectivity index (χ2n) is 13.9. The molecule has 2 unspecified atom stereocenters. The van der Waals surface area contributed by atoms with Crippen molar-refractivity contribution in [2.45, 2.75) is 25.8 Å². The molecule has 0 fully saturated rings. The highest BCUT2D eigenvalue weighted by atomic mass is 15.0. The average Bonchev–Trinajstić information content (AvgIpc) is 3.21. The molecule has 0 amide bonds. The third-order valence-corrected chi connectivity index (χ3v) is 10.3. The second kappa shape index (κ2) is 13.0. The molecule has 1 aliphatic heterocycles. The van der Waals surface area contributed by atoms with Crippen LogP contribution < -0.4 is 5.32 Å². The molecule has 1 aliphatic carbocycles. The van der Waals surface area contributed by atoms with E-state index in [1.165, 1.54) is 16.7 Å². The topological polar surface area (TPSA) is 63.6 Å². The first-order valence-electron chi connectivity index (χ1n) is 17.8. The number of fused-ring (bicyclic) bond motifs is 3. The van der Waals surface area contributed by atoms with Crippen molar-refractivity contribution in [1.29, 1.82) is 0 Å². The minimum Gasteiger partial charge on any atom is -0.374 e. The number of hydrogen-bond donors (Lipinski definition) is 1. The van der Waals surface area contributed by atoms with E-state index in [-0.39, 0.29) is 5.54 Å². The summed E-state index contributed by atoms with van der Waals surface area (Å²) < 4.78 is 0. The largest absolute Gasteiger partial charge is 0.374 e. The Morgan fingerprint density at radius 2 is 1.29 bits per heavy atom. The summed E-state index contributed by atoms with van der Waals surface area (Å²) in [6.07, 6.45) is 15.9. The van der Waals surface area contributed by atoms with Crippen LogP contribution >= 0.6 is 0 Å². The van der Waals surface area contributed by atoms with E-state index in [0.717, 1.165) is 67.9 Å². The number of nitrogens with zero attached hydrogens (tertiary/aromatic N) is 4. The normalized spacial score (nSPS) is 17.7. The fourth-order valence-corrected chi connectivity index (χ4v) is 7.44. The standard InChI is InChI=1S/C47H37N5/c1-31-13-14-37-23-24-40-41(30-47(2,39-11-7-4-8-12-39)52-45(40)44(37)49-31)34-19-15-32(16-20-34)33-17-21-36(22-18-33)43-29-42(35-9-5-3-6-10-35)50-46(51-43)38-25-27-48-28-26-38/h3-11,13-30,39,52H,12H2,1-2H3. The van der Waals surface area contributed by atoms with Gasteiger partial charge in [-0.15, -0.1) is 0 Å². The summed E-state index contributed by atoms with van der Waals surface area (Å²) in [7, 11) is 0. The van der Waals surface area contributed by atoms with Crippen molar-refractivity contribution in [1.82, 2.24) is 19.9 Å². The number of allylic oxidation sites excluding steroid dienone is 3. The minimum absolute atomic E-state index is 0.281. The summed E-state index contributed by atoms with van der Waals surface area (Å²) in [6.45, 7) is 4.38. The van der Waals surface area contributed by atoms with Gasteiger partial charge in [0.15, 0.2) is 5.82 Å². The minimum atomic E-state index is -0.281. The van der Waals surface area contributed by atoms with E-state index in [2.05, 4.69) is 146 Å². The van der Waals surface area contributed by atoms with E-state index in [4.69, 9.17) is 15.0 Å². The fourth-order valence-electron chi connectivity index (χ4n) is 7.44. The Bertz CT molecular complexity index is 2460. The lowest BCUT2D eigenvalue weighted by molar-refractivity contribution is 0.462. The van der Waals surface area contributed by atoms with Crippen LogP contribution in [0.1, 0.15) is 30.2 Å². The highest BCUT2D eigenvalue weighted by Crippen LogP contribution is 2.45. The molecule has 5 heteroatoms. The molecule has 2 atom stereocenters. The molecule has 3 aromatic heterocycles. The van der Waals surface area contributed by atoms with Gasteiger partial charge in [0, 0.05) is 51.6 Å². The molecule has 0 bridgehead atoms. The van der Waals surface area contributed by atoms with E-state index in [9.17, 15) is 0 Å². The molecule has 0 spiro atoms. The Morgan fingerprint density at radius 1 is 0.635 bits per heavy atom. The fraction of sp³-hybridized carbons (Fsp3) is 0.106. The number of hydrogen-bond acceptors (Lipinski definition) is 5. The van der Waals surface area contributed by atoms with Crippen LogP contribution in [-0.2, 0) is 0 Å². The maximum Gasteiger partial charge on any atom is 0.160 e. The van der Waals surface area contributed by atoms with Gasteiger partial charge in [0.05, 0.1) is 28.1 Å². The number of aryl methyl sites for hydroxylation is 1. The van der Waals surface area contributed by atoms with Crippen molar-refractivity contribution in [3.8, 4) is 45.0 Å². The number of nitrogens with one attached hydrogen (secondary N) is 1. The van der Waals surface area contributed by atoms with Crippen molar-refractivity contribution in [2.75, 3.05) is 5.32 Å². The molecule has 0 saturated carbocycles. The highest BCUT2D eigenvalue weighted by molar-refractivity contribution is 6.02. The highest BCUT2D eigenvalue weighted by Gasteiger charge is 2.36. The van der Waals surface area contributed by atoms with Crippen molar-refractivity contribution < 1.29 is 0 Å². The zero-order valence-electron chi connectivity index (χ0n) is 29.2. The Hall–Kier alpha value is -6.46. The zero-order valence-corrected chi connectivity index (χ0v) is 29.2. The lowest BCUT2D eigenvalue weighted by Gasteiger charge is -2.41. The summed E-state index contributed by atoms with van der Waals surface area (Å²) in [5, 5.41) is 5.10. The summed E-state index contributed by atoms with van der Waals surface area (Å²) in [5.41, 5.74) is 13.6. The van der Waals surface area contributed by atoms with Crippen LogP contribution in [0.5, 0.6) is 0 Å². The van der Waals surface area contributed by atoms with Gasteiger partial charge in [0.25, 0.3) is 0 Å². The maximum absolute atomic E-state index is 5.02. The third-order valence-electron chi connectivity index (χ3n) is 10.3. The van der Waals surface area contributed by atoms with E-state index in [0.29, 0.717) is 11.7 Å². The van der Waals surface area contributed by atoms with Gasteiger partial charge >= 0.3 is 0 Å². The van der Waals surface area contributed by atoms with Gasteiger partial charge in [0.1, 0.15) is 0 Å². The van der Waals surface area contributed by atoms with Crippen molar-refractivity contribution in [3.05, 3.63) is 181 Å². The number of pyridine rings is 2. The quantitative estimate of drug-likeness (QED) is 0.191. The molecule has 5 nitrogen and oxygen atoms in total. The molecular formula is C47H37N5. The first-order chi connectivity index (χ1) is 25.5. The van der Waals surface area contributed by atoms with Crippen LogP contribution in [0.25, 0.3) is 61.5 Å². The summed E-state index contributed by atoms with van der Waals surface area (Å²) >= 11 is 0. The Labute approximate surface area is 304 Å². The molecule has 2 aliphatic rings. The van der Waals surface area contributed by atoms with Gasteiger partial charge < -0.3 is 5.32 Å². The molecule has 0 radical (unpaired) electrons. The van der Waals surface area contributed by atoms with E-state index >= 15 is 0 Å². The van der Waals surface area contributed by atoms with Gasteiger partial charge in [0.2, 0.25) is 0 Å².